The number of thioether (sulfide) groups is 1. The van der Waals surface area contributed by atoms with Gasteiger partial charge in [-0.15, -0.1) is 10.2 Å². The minimum Gasteiger partial charge on any atom is -0.272 e. The van der Waals surface area contributed by atoms with Crippen molar-refractivity contribution in [3.63, 3.8) is 0 Å². The number of hydrogen-bond acceptors (Lipinski definition) is 5. The van der Waals surface area contributed by atoms with Crippen LogP contribution in [0.1, 0.15) is 11.1 Å². The van der Waals surface area contributed by atoms with Crippen LogP contribution in [0.3, 0.4) is 0 Å². The van der Waals surface area contributed by atoms with Crippen LogP contribution in [0.4, 0.5) is 0 Å². The number of hydrogen-bond donors (Lipinski definition) is 1. The number of halogens is 1. The summed E-state index contributed by atoms with van der Waals surface area (Å²) in [7, 11) is 0. The Kier molecular flexibility index (Phi) is 7.14. The van der Waals surface area contributed by atoms with Crippen LogP contribution >= 0.6 is 27.7 Å². The number of carbonyl (C=O) groups excluding carboxylic acids is 1. The van der Waals surface area contributed by atoms with Gasteiger partial charge in [-0.25, -0.2) is 5.43 Å². The molecule has 0 bridgehead atoms. The minimum absolute atomic E-state index is 0.161. The first kappa shape index (κ1) is 22.0. The van der Waals surface area contributed by atoms with Crippen molar-refractivity contribution < 1.29 is 4.79 Å². The first-order chi connectivity index (χ1) is 15.6. The van der Waals surface area contributed by atoms with E-state index in [1.54, 1.807) is 6.21 Å². The number of aryl methyl sites for hydroxylation is 1. The number of carbonyl (C=O) groups is 1. The van der Waals surface area contributed by atoms with Gasteiger partial charge in [0.15, 0.2) is 11.0 Å². The van der Waals surface area contributed by atoms with Crippen molar-refractivity contribution in [3.8, 4) is 17.1 Å². The highest BCUT2D eigenvalue weighted by Crippen LogP contribution is 2.28. The lowest BCUT2D eigenvalue weighted by molar-refractivity contribution is -0.118. The molecule has 1 N–H and O–H groups in total. The van der Waals surface area contributed by atoms with E-state index < -0.39 is 0 Å². The molecule has 0 aliphatic carbocycles. The van der Waals surface area contributed by atoms with Gasteiger partial charge in [0.25, 0.3) is 5.91 Å². The molecule has 3 aromatic carbocycles. The zero-order valence-electron chi connectivity index (χ0n) is 17.3. The van der Waals surface area contributed by atoms with Crippen LogP contribution in [0.5, 0.6) is 0 Å². The van der Waals surface area contributed by atoms with Crippen molar-refractivity contribution in [1.29, 1.82) is 0 Å². The molecule has 1 heterocycles. The van der Waals surface area contributed by atoms with Crippen LogP contribution in [-0.2, 0) is 4.79 Å². The van der Waals surface area contributed by atoms with Crippen LogP contribution in [0.25, 0.3) is 17.1 Å². The lowest BCUT2D eigenvalue weighted by atomic mass is 10.2. The van der Waals surface area contributed by atoms with Crippen LogP contribution < -0.4 is 5.43 Å². The Morgan fingerprint density at radius 3 is 2.47 bits per heavy atom. The third kappa shape index (κ3) is 5.52. The molecule has 1 aromatic heterocycles. The average molecular weight is 506 g/mol. The molecular weight excluding hydrogens is 486 g/mol. The average Bonchev–Trinajstić information content (AvgIpc) is 3.24. The highest BCUT2D eigenvalue weighted by Gasteiger charge is 2.17. The molecule has 0 radical (unpaired) electrons. The minimum atomic E-state index is -0.218. The number of amides is 1. The summed E-state index contributed by atoms with van der Waals surface area (Å²) in [6.07, 6.45) is 1.62. The maximum atomic E-state index is 12.3. The van der Waals surface area contributed by atoms with Gasteiger partial charge in [0, 0.05) is 15.7 Å². The zero-order chi connectivity index (χ0) is 22.3. The normalized spacial score (nSPS) is 11.1. The van der Waals surface area contributed by atoms with E-state index in [2.05, 4.69) is 36.7 Å². The van der Waals surface area contributed by atoms with E-state index in [1.165, 1.54) is 17.3 Å². The molecule has 0 aliphatic rings. The molecule has 0 unspecified atom stereocenters. The number of benzene rings is 3. The first-order valence-electron chi connectivity index (χ1n) is 9.88. The number of hydrazone groups is 1. The van der Waals surface area contributed by atoms with Gasteiger partial charge in [0.05, 0.1) is 12.0 Å². The van der Waals surface area contributed by atoms with Crippen molar-refractivity contribution >= 4 is 39.8 Å². The summed E-state index contributed by atoms with van der Waals surface area (Å²) >= 11 is 4.78. The zero-order valence-corrected chi connectivity index (χ0v) is 19.7. The summed E-state index contributed by atoms with van der Waals surface area (Å²) in [4.78, 5) is 12.3. The summed E-state index contributed by atoms with van der Waals surface area (Å²) in [6.45, 7) is 2.02. The topological polar surface area (TPSA) is 72.2 Å². The molecule has 0 aliphatic heterocycles. The van der Waals surface area contributed by atoms with Gasteiger partial charge in [-0.1, -0.05) is 87.9 Å². The fourth-order valence-electron chi connectivity index (χ4n) is 2.95. The largest absolute Gasteiger partial charge is 0.272 e. The molecule has 0 saturated carbocycles. The van der Waals surface area contributed by atoms with E-state index in [0.717, 1.165) is 21.3 Å². The highest BCUT2D eigenvalue weighted by atomic mass is 79.9. The van der Waals surface area contributed by atoms with Crippen LogP contribution in [0.15, 0.2) is 93.6 Å². The second-order valence-corrected chi connectivity index (χ2v) is 8.83. The van der Waals surface area contributed by atoms with E-state index in [4.69, 9.17) is 0 Å². The number of nitrogens with zero attached hydrogens (tertiary/aromatic N) is 4. The molecule has 4 rings (SSSR count). The summed E-state index contributed by atoms with van der Waals surface area (Å²) in [6, 6.07) is 25.6. The van der Waals surface area contributed by atoms with Crippen LogP contribution in [0, 0.1) is 6.92 Å². The van der Waals surface area contributed by atoms with Gasteiger partial charge < -0.3 is 0 Å². The molecule has 32 heavy (non-hydrogen) atoms. The molecule has 6 nitrogen and oxygen atoms in total. The Bertz CT molecular complexity index is 1220. The van der Waals surface area contributed by atoms with E-state index in [1.807, 2.05) is 90.4 Å². The Balaban J connectivity index is 1.49. The Labute approximate surface area is 198 Å². The van der Waals surface area contributed by atoms with Crippen LogP contribution in [-0.4, -0.2) is 32.6 Å². The van der Waals surface area contributed by atoms with E-state index in [-0.39, 0.29) is 11.7 Å². The summed E-state index contributed by atoms with van der Waals surface area (Å²) in [5.41, 5.74) is 6.52. The number of rotatable bonds is 7. The summed E-state index contributed by atoms with van der Waals surface area (Å²) in [5, 5.41) is 13.4. The fraction of sp³-hybridized carbons (Fsp3) is 0.0833. The molecular formula is C24H20BrN5OS. The maximum absolute atomic E-state index is 12.3. The molecule has 0 saturated heterocycles. The second kappa shape index (κ2) is 10.4. The summed E-state index contributed by atoms with van der Waals surface area (Å²) < 4.78 is 2.94. The first-order valence-corrected chi connectivity index (χ1v) is 11.7. The highest BCUT2D eigenvalue weighted by molar-refractivity contribution is 9.10. The Morgan fingerprint density at radius 2 is 1.75 bits per heavy atom. The summed E-state index contributed by atoms with van der Waals surface area (Å²) in [5.74, 6) is 0.660. The Hall–Kier alpha value is -3.23. The lowest BCUT2D eigenvalue weighted by Gasteiger charge is -2.10. The van der Waals surface area contributed by atoms with E-state index in [0.29, 0.717) is 11.0 Å². The van der Waals surface area contributed by atoms with Crippen LogP contribution in [0.2, 0.25) is 0 Å². The Morgan fingerprint density at radius 1 is 1.03 bits per heavy atom. The fourth-order valence-corrected chi connectivity index (χ4v) is 3.96. The lowest BCUT2D eigenvalue weighted by Crippen LogP contribution is -2.20. The standard InChI is InChI=1S/C24H20BrN5OS/c1-17-7-9-18(10-8-17)15-26-27-22(31)16-32-24-29-28-23(19-5-3-2-4-6-19)30(24)21-13-11-20(25)12-14-21/h2-15H,16H2,1H3,(H,27,31)/b26-15-. The van der Waals surface area contributed by atoms with Crippen molar-refractivity contribution in [1.82, 2.24) is 20.2 Å². The van der Waals surface area contributed by atoms with Crippen molar-refractivity contribution in [3.05, 3.63) is 94.5 Å². The van der Waals surface area contributed by atoms with Gasteiger partial charge >= 0.3 is 0 Å². The van der Waals surface area contributed by atoms with Gasteiger partial charge in [-0.05, 0) is 36.8 Å². The van der Waals surface area contributed by atoms with Crippen molar-refractivity contribution in [2.75, 3.05) is 5.75 Å². The molecule has 0 atom stereocenters. The van der Waals surface area contributed by atoms with Gasteiger partial charge in [-0.2, -0.15) is 5.10 Å². The molecule has 0 fully saturated rings. The molecule has 8 heteroatoms. The second-order valence-electron chi connectivity index (χ2n) is 6.98. The van der Waals surface area contributed by atoms with Gasteiger partial charge in [0.1, 0.15) is 0 Å². The molecule has 160 valence electrons. The molecule has 4 aromatic rings. The maximum Gasteiger partial charge on any atom is 0.250 e. The number of nitrogens with one attached hydrogen (secondary N) is 1. The predicted molar refractivity (Wildman–Crippen MR) is 132 cm³/mol. The molecule has 1 amide bonds. The quantitative estimate of drug-likeness (QED) is 0.211. The third-order valence-corrected chi connectivity index (χ3v) is 6.02. The number of aromatic nitrogens is 3. The van der Waals surface area contributed by atoms with Gasteiger partial charge in [0.2, 0.25) is 0 Å². The van der Waals surface area contributed by atoms with Crippen molar-refractivity contribution in [2.24, 2.45) is 5.10 Å². The van der Waals surface area contributed by atoms with E-state index in [9.17, 15) is 4.79 Å². The third-order valence-electron chi connectivity index (χ3n) is 4.56. The predicted octanol–water partition coefficient (Wildman–Crippen LogP) is 5.25. The van der Waals surface area contributed by atoms with Gasteiger partial charge in [-0.3, -0.25) is 9.36 Å². The monoisotopic (exact) mass is 505 g/mol. The SMILES string of the molecule is Cc1ccc(/C=N\NC(=O)CSc2nnc(-c3ccccc3)n2-c2ccc(Br)cc2)cc1. The van der Waals surface area contributed by atoms with Crippen molar-refractivity contribution in [2.45, 2.75) is 12.1 Å². The van der Waals surface area contributed by atoms with E-state index >= 15 is 0 Å². The molecule has 0 spiro atoms. The smallest absolute Gasteiger partial charge is 0.250 e.